The molecule has 1 fully saturated rings. The normalized spacial score (nSPS) is 22.7. The van der Waals surface area contributed by atoms with Crippen LogP contribution in [0.4, 0.5) is 5.88 Å². The molecule has 0 aliphatic carbocycles. The van der Waals surface area contributed by atoms with Crippen molar-refractivity contribution in [2.24, 2.45) is 5.73 Å². The summed E-state index contributed by atoms with van der Waals surface area (Å²) in [5.74, 6) is 1.62. The Kier molecular flexibility index (Phi) is 2.74. The van der Waals surface area contributed by atoms with Crippen molar-refractivity contribution < 1.29 is 9.52 Å². The molecule has 3 N–H and O–H groups in total. The number of aliphatic hydroxyl groups is 1. The van der Waals surface area contributed by atoms with Crippen molar-refractivity contribution in [1.29, 1.82) is 0 Å². The number of β-amino-alcohol motifs (C(OH)–C–C–N with tert-alkyl or cyclic N) is 1. The fourth-order valence-electron chi connectivity index (χ4n) is 1.80. The summed E-state index contributed by atoms with van der Waals surface area (Å²) in [5.41, 5.74) is 5.46. The minimum absolute atomic E-state index is 0.227. The maximum absolute atomic E-state index is 9.50. The summed E-state index contributed by atoms with van der Waals surface area (Å²) in [6, 6.07) is 3.80. The van der Waals surface area contributed by atoms with Crippen LogP contribution in [0, 0.1) is 0 Å². The van der Waals surface area contributed by atoms with Gasteiger partial charge in [-0.2, -0.15) is 0 Å². The number of hydrogen-bond donors (Lipinski definition) is 2. The number of nitrogens with zero attached hydrogens (tertiary/aromatic N) is 1. The maximum Gasteiger partial charge on any atom is 0.195 e. The van der Waals surface area contributed by atoms with Crippen LogP contribution in [0.5, 0.6) is 0 Å². The van der Waals surface area contributed by atoms with E-state index in [1.54, 1.807) is 0 Å². The highest BCUT2D eigenvalue weighted by Gasteiger charge is 2.19. The Bertz CT molecular complexity index is 298. The highest BCUT2D eigenvalue weighted by molar-refractivity contribution is 5.37. The van der Waals surface area contributed by atoms with Gasteiger partial charge in [-0.1, -0.05) is 0 Å². The van der Waals surface area contributed by atoms with Crippen molar-refractivity contribution in [3.63, 3.8) is 0 Å². The second-order valence-electron chi connectivity index (χ2n) is 3.69. The molecule has 0 radical (unpaired) electrons. The minimum Gasteiger partial charge on any atom is -0.444 e. The van der Waals surface area contributed by atoms with Gasteiger partial charge < -0.3 is 20.2 Å². The van der Waals surface area contributed by atoms with E-state index in [1.165, 1.54) is 0 Å². The van der Waals surface area contributed by atoms with Crippen molar-refractivity contribution in [3.05, 3.63) is 17.9 Å². The second kappa shape index (κ2) is 4.02. The third-order valence-electron chi connectivity index (χ3n) is 2.56. The van der Waals surface area contributed by atoms with Crippen LogP contribution in [0.25, 0.3) is 0 Å². The van der Waals surface area contributed by atoms with E-state index in [4.69, 9.17) is 10.2 Å². The van der Waals surface area contributed by atoms with E-state index in [0.717, 1.165) is 31.0 Å². The minimum atomic E-state index is -0.227. The van der Waals surface area contributed by atoms with E-state index >= 15 is 0 Å². The zero-order chi connectivity index (χ0) is 9.97. The molecule has 1 atom stereocenters. The van der Waals surface area contributed by atoms with Crippen LogP contribution in [0.15, 0.2) is 16.5 Å². The van der Waals surface area contributed by atoms with Crippen LogP contribution < -0.4 is 10.6 Å². The number of anilines is 1. The average Bonchev–Trinajstić information content (AvgIpc) is 2.66. The van der Waals surface area contributed by atoms with Gasteiger partial charge in [0.25, 0.3) is 0 Å². The Morgan fingerprint density at radius 3 is 3.07 bits per heavy atom. The lowest BCUT2D eigenvalue weighted by Gasteiger charge is -2.29. The van der Waals surface area contributed by atoms with Crippen LogP contribution in [0.3, 0.4) is 0 Å². The van der Waals surface area contributed by atoms with Crippen LogP contribution >= 0.6 is 0 Å². The summed E-state index contributed by atoms with van der Waals surface area (Å²) in [6.07, 6.45) is 1.68. The summed E-state index contributed by atoms with van der Waals surface area (Å²) < 4.78 is 5.51. The lowest BCUT2D eigenvalue weighted by Crippen LogP contribution is -2.37. The summed E-state index contributed by atoms with van der Waals surface area (Å²) in [5, 5.41) is 9.50. The van der Waals surface area contributed by atoms with E-state index in [2.05, 4.69) is 4.90 Å². The Morgan fingerprint density at radius 2 is 2.43 bits per heavy atom. The van der Waals surface area contributed by atoms with Gasteiger partial charge in [0.15, 0.2) is 5.88 Å². The van der Waals surface area contributed by atoms with Gasteiger partial charge in [0.05, 0.1) is 12.6 Å². The maximum atomic E-state index is 9.50. The molecule has 1 aliphatic heterocycles. The number of piperidine rings is 1. The third-order valence-corrected chi connectivity index (χ3v) is 2.56. The molecule has 1 aromatic rings. The van der Waals surface area contributed by atoms with Gasteiger partial charge >= 0.3 is 0 Å². The van der Waals surface area contributed by atoms with Gasteiger partial charge in [0, 0.05) is 19.2 Å². The molecule has 1 unspecified atom stereocenters. The molecule has 1 aromatic heterocycles. The van der Waals surface area contributed by atoms with E-state index in [1.807, 2.05) is 12.1 Å². The molecule has 0 saturated carbocycles. The summed E-state index contributed by atoms with van der Waals surface area (Å²) in [4.78, 5) is 2.06. The second-order valence-corrected chi connectivity index (χ2v) is 3.69. The Balaban J connectivity index is 2.06. The molecular formula is C10H16N2O2. The summed E-state index contributed by atoms with van der Waals surface area (Å²) in [7, 11) is 0. The van der Waals surface area contributed by atoms with Gasteiger partial charge in [-0.05, 0) is 18.9 Å². The Hall–Kier alpha value is -1.00. The largest absolute Gasteiger partial charge is 0.444 e. The van der Waals surface area contributed by atoms with Gasteiger partial charge in [-0.25, -0.2) is 0 Å². The van der Waals surface area contributed by atoms with Crippen LogP contribution in [0.2, 0.25) is 0 Å². The molecule has 2 heterocycles. The molecule has 4 heteroatoms. The van der Waals surface area contributed by atoms with Crippen LogP contribution in [-0.2, 0) is 6.54 Å². The molecule has 1 saturated heterocycles. The summed E-state index contributed by atoms with van der Waals surface area (Å²) >= 11 is 0. The predicted octanol–water partition coefficient (Wildman–Crippen LogP) is 0.699. The van der Waals surface area contributed by atoms with E-state index in [0.29, 0.717) is 13.1 Å². The van der Waals surface area contributed by atoms with Gasteiger partial charge in [-0.3, -0.25) is 0 Å². The van der Waals surface area contributed by atoms with E-state index in [-0.39, 0.29) is 6.10 Å². The monoisotopic (exact) mass is 196 g/mol. The predicted molar refractivity (Wildman–Crippen MR) is 54.1 cm³/mol. The van der Waals surface area contributed by atoms with E-state index < -0.39 is 0 Å². The lowest BCUT2D eigenvalue weighted by molar-refractivity contribution is 0.152. The third kappa shape index (κ3) is 1.91. The molecule has 0 bridgehead atoms. The first kappa shape index (κ1) is 9.55. The van der Waals surface area contributed by atoms with Gasteiger partial charge in [0.2, 0.25) is 0 Å². The molecule has 1 aliphatic rings. The molecule has 78 valence electrons. The molecule has 2 rings (SSSR count). The Labute approximate surface area is 83.3 Å². The van der Waals surface area contributed by atoms with Crippen molar-refractivity contribution in [3.8, 4) is 0 Å². The van der Waals surface area contributed by atoms with E-state index in [9.17, 15) is 5.11 Å². The van der Waals surface area contributed by atoms with Gasteiger partial charge in [0.1, 0.15) is 5.76 Å². The number of rotatable bonds is 2. The molecule has 0 aromatic carbocycles. The zero-order valence-electron chi connectivity index (χ0n) is 8.15. The zero-order valence-corrected chi connectivity index (χ0v) is 8.15. The first-order valence-electron chi connectivity index (χ1n) is 5.01. The van der Waals surface area contributed by atoms with Crippen molar-refractivity contribution in [2.45, 2.75) is 25.5 Å². The number of nitrogens with two attached hydrogens (primary N) is 1. The lowest BCUT2D eigenvalue weighted by atomic mass is 10.1. The van der Waals surface area contributed by atoms with Crippen molar-refractivity contribution in [1.82, 2.24) is 0 Å². The first-order valence-corrected chi connectivity index (χ1v) is 5.01. The van der Waals surface area contributed by atoms with Gasteiger partial charge in [-0.15, -0.1) is 0 Å². The highest BCUT2D eigenvalue weighted by atomic mass is 16.4. The molecular weight excluding hydrogens is 180 g/mol. The smallest absolute Gasteiger partial charge is 0.195 e. The van der Waals surface area contributed by atoms with Crippen LogP contribution in [-0.4, -0.2) is 24.3 Å². The average molecular weight is 196 g/mol. The first-order chi connectivity index (χ1) is 6.79. The molecule has 0 spiro atoms. The quantitative estimate of drug-likeness (QED) is 0.731. The summed E-state index contributed by atoms with van der Waals surface area (Å²) in [6.45, 7) is 2.04. The van der Waals surface area contributed by atoms with Crippen molar-refractivity contribution >= 4 is 5.88 Å². The number of hydrogen-bond acceptors (Lipinski definition) is 4. The molecule has 4 nitrogen and oxygen atoms in total. The topological polar surface area (TPSA) is 62.6 Å². The van der Waals surface area contributed by atoms with Crippen molar-refractivity contribution in [2.75, 3.05) is 18.0 Å². The fraction of sp³-hybridized carbons (Fsp3) is 0.600. The number of aliphatic hydroxyl groups excluding tert-OH is 1. The highest BCUT2D eigenvalue weighted by Crippen LogP contribution is 2.22. The standard InChI is InChI=1S/C10H16N2O2/c11-6-9-3-4-10(14-9)12-5-1-2-8(13)7-12/h3-4,8,13H,1-2,5-7,11H2. The molecule has 14 heavy (non-hydrogen) atoms. The SMILES string of the molecule is NCc1ccc(N2CCCC(O)C2)o1. The fourth-order valence-corrected chi connectivity index (χ4v) is 1.80. The van der Waals surface area contributed by atoms with Crippen LogP contribution in [0.1, 0.15) is 18.6 Å². The Morgan fingerprint density at radius 1 is 1.57 bits per heavy atom. The molecule has 0 amide bonds. The number of furan rings is 1.